The third-order valence-corrected chi connectivity index (χ3v) is 5.83. The lowest BCUT2D eigenvalue weighted by Crippen LogP contribution is -2.58. The van der Waals surface area contributed by atoms with Gasteiger partial charge < -0.3 is 5.73 Å². The molecule has 1 amide bonds. The Bertz CT molecular complexity index is 1020. The van der Waals surface area contributed by atoms with E-state index in [-0.39, 0.29) is 11.9 Å². The Balaban J connectivity index is 2.12. The zero-order valence-corrected chi connectivity index (χ0v) is 16.5. The summed E-state index contributed by atoms with van der Waals surface area (Å²) in [4.78, 5) is 18.6. The lowest BCUT2D eigenvalue weighted by molar-refractivity contribution is -0.140. The van der Waals surface area contributed by atoms with E-state index in [4.69, 9.17) is 5.73 Å². The van der Waals surface area contributed by atoms with Crippen LogP contribution in [0.2, 0.25) is 0 Å². The summed E-state index contributed by atoms with van der Waals surface area (Å²) in [5, 5.41) is 9.31. The first-order chi connectivity index (χ1) is 13.1. The van der Waals surface area contributed by atoms with Crippen molar-refractivity contribution in [1.82, 2.24) is 4.90 Å². The minimum absolute atomic E-state index is 0.0615. The van der Waals surface area contributed by atoms with Gasteiger partial charge in [0.1, 0.15) is 11.4 Å². The van der Waals surface area contributed by atoms with E-state index in [1.165, 1.54) is 11.0 Å². The Morgan fingerprint density at radius 3 is 2.57 bits per heavy atom. The number of carbonyl (C=O) groups is 1. The Morgan fingerprint density at radius 1 is 1.21 bits per heavy atom. The highest BCUT2D eigenvalue weighted by molar-refractivity contribution is 6.01. The Labute approximate surface area is 164 Å². The van der Waals surface area contributed by atoms with Crippen LogP contribution in [0.4, 0.5) is 4.39 Å². The predicted octanol–water partition coefficient (Wildman–Crippen LogP) is 3.32. The second kappa shape index (κ2) is 6.75. The van der Waals surface area contributed by atoms with E-state index in [0.717, 1.165) is 11.1 Å². The van der Waals surface area contributed by atoms with E-state index in [1.807, 2.05) is 18.2 Å². The molecule has 1 aliphatic heterocycles. The van der Waals surface area contributed by atoms with Crippen molar-refractivity contribution in [2.75, 3.05) is 7.05 Å². The van der Waals surface area contributed by atoms with Crippen LogP contribution in [0.25, 0.3) is 0 Å². The average Bonchev–Trinajstić information content (AvgIpc) is 2.67. The SMILES string of the molecule is CN1C(=O)C(C)(C)[C@@](C)(c2cc(Cc3ccccc3C#N)ccc2F)N=C1N. The maximum atomic E-state index is 14.9. The highest BCUT2D eigenvalue weighted by atomic mass is 19.1. The second-order valence-corrected chi connectivity index (χ2v) is 7.79. The molecule has 0 radical (unpaired) electrons. The molecule has 0 spiro atoms. The molecule has 0 saturated heterocycles. The van der Waals surface area contributed by atoms with Crippen LogP contribution in [-0.4, -0.2) is 23.8 Å². The monoisotopic (exact) mass is 378 g/mol. The fourth-order valence-corrected chi connectivity index (χ4v) is 3.63. The summed E-state index contributed by atoms with van der Waals surface area (Å²) in [7, 11) is 1.56. The number of rotatable bonds is 3. The first-order valence-electron chi connectivity index (χ1n) is 9.02. The quantitative estimate of drug-likeness (QED) is 0.889. The number of hydrogen-bond donors (Lipinski definition) is 1. The number of hydrogen-bond acceptors (Lipinski definition) is 4. The molecule has 2 aromatic rings. The van der Waals surface area contributed by atoms with Gasteiger partial charge in [0.2, 0.25) is 5.91 Å². The second-order valence-electron chi connectivity index (χ2n) is 7.79. The molecule has 2 N–H and O–H groups in total. The summed E-state index contributed by atoms with van der Waals surface area (Å²) in [5.74, 6) is -0.602. The number of guanidine groups is 1. The first-order valence-corrected chi connectivity index (χ1v) is 9.02. The van der Waals surface area contributed by atoms with Gasteiger partial charge in [0.15, 0.2) is 5.96 Å². The fraction of sp³-hybridized carbons (Fsp3) is 0.318. The highest BCUT2D eigenvalue weighted by Crippen LogP contribution is 2.47. The standard InChI is InChI=1S/C22H23FN4O/c1-21(2)19(28)27(4)20(25)26-22(21,3)17-12-14(9-10-18(17)23)11-15-7-5-6-8-16(15)13-24/h5-10,12H,11H2,1-4H3,(H2,25,26)/t22-/m1/s1. The lowest BCUT2D eigenvalue weighted by Gasteiger charge is -2.46. The van der Waals surface area contributed by atoms with Crippen LogP contribution in [0, 0.1) is 22.6 Å². The minimum atomic E-state index is -1.16. The Hall–Kier alpha value is -3.20. The molecule has 1 aliphatic rings. The van der Waals surface area contributed by atoms with Crippen molar-refractivity contribution in [1.29, 1.82) is 5.26 Å². The minimum Gasteiger partial charge on any atom is -0.369 e. The van der Waals surface area contributed by atoms with Gasteiger partial charge in [-0.1, -0.05) is 30.3 Å². The van der Waals surface area contributed by atoms with Crippen molar-refractivity contribution in [3.63, 3.8) is 0 Å². The summed E-state index contributed by atoms with van der Waals surface area (Å²) >= 11 is 0. The molecule has 6 heteroatoms. The van der Waals surface area contributed by atoms with Gasteiger partial charge >= 0.3 is 0 Å². The topological polar surface area (TPSA) is 82.5 Å². The number of carbonyl (C=O) groups excluding carboxylic acids is 1. The summed E-state index contributed by atoms with van der Waals surface area (Å²) in [6.45, 7) is 5.23. The van der Waals surface area contributed by atoms with Crippen LogP contribution in [-0.2, 0) is 16.8 Å². The Kier molecular flexibility index (Phi) is 4.72. The van der Waals surface area contributed by atoms with Gasteiger partial charge in [-0.2, -0.15) is 5.26 Å². The van der Waals surface area contributed by atoms with Gasteiger partial charge in [0, 0.05) is 12.6 Å². The molecule has 0 unspecified atom stereocenters. The first kappa shape index (κ1) is 19.6. The van der Waals surface area contributed by atoms with Gasteiger partial charge in [-0.25, -0.2) is 9.38 Å². The summed E-state index contributed by atoms with van der Waals surface area (Å²) < 4.78 is 14.9. The number of halogens is 1. The summed E-state index contributed by atoms with van der Waals surface area (Å²) in [5.41, 5.74) is 6.38. The normalized spacial score (nSPS) is 21.2. The van der Waals surface area contributed by atoms with Crippen LogP contribution in [0.3, 0.4) is 0 Å². The molecular weight excluding hydrogens is 355 g/mol. The molecule has 5 nitrogen and oxygen atoms in total. The van der Waals surface area contributed by atoms with Crippen LogP contribution >= 0.6 is 0 Å². The van der Waals surface area contributed by atoms with Crippen LogP contribution < -0.4 is 5.73 Å². The molecule has 2 aromatic carbocycles. The van der Waals surface area contributed by atoms with Crippen molar-refractivity contribution in [2.24, 2.45) is 16.1 Å². The number of nitrogens with two attached hydrogens (primary N) is 1. The molecular formula is C22H23FN4O. The van der Waals surface area contributed by atoms with Gasteiger partial charge in [0.25, 0.3) is 0 Å². The number of benzene rings is 2. The zero-order valence-electron chi connectivity index (χ0n) is 16.5. The number of aliphatic imine (C=N–C) groups is 1. The molecule has 28 heavy (non-hydrogen) atoms. The smallest absolute Gasteiger partial charge is 0.237 e. The van der Waals surface area contributed by atoms with E-state index < -0.39 is 16.8 Å². The van der Waals surface area contributed by atoms with Crippen molar-refractivity contribution in [3.05, 3.63) is 70.5 Å². The maximum absolute atomic E-state index is 14.9. The number of amides is 1. The van der Waals surface area contributed by atoms with Gasteiger partial charge in [-0.05, 0) is 50.5 Å². The van der Waals surface area contributed by atoms with Gasteiger partial charge in [-0.15, -0.1) is 0 Å². The van der Waals surface area contributed by atoms with Gasteiger partial charge in [0.05, 0.1) is 17.0 Å². The third-order valence-electron chi connectivity index (χ3n) is 5.83. The number of nitrogens with zero attached hydrogens (tertiary/aromatic N) is 3. The molecule has 144 valence electrons. The predicted molar refractivity (Wildman–Crippen MR) is 106 cm³/mol. The fourth-order valence-electron chi connectivity index (χ4n) is 3.63. The molecule has 0 aliphatic carbocycles. The van der Waals surface area contributed by atoms with E-state index in [2.05, 4.69) is 11.1 Å². The number of nitriles is 1. The molecule has 3 rings (SSSR count). The lowest BCUT2D eigenvalue weighted by atomic mass is 9.67. The molecule has 0 bridgehead atoms. The zero-order chi connectivity index (χ0) is 20.7. The molecule has 0 fully saturated rings. The molecule has 1 atom stereocenters. The molecule has 1 heterocycles. The van der Waals surface area contributed by atoms with Crippen LogP contribution in [0.1, 0.15) is 43.0 Å². The van der Waals surface area contributed by atoms with Crippen molar-refractivity contribution < 1.29 is 9.18 Å². The average molecular weight is 378 g/mol. The summed E-state index contributed by atoms with van der Waals surface area (Å²) in [6.07, 6.45) is 0.473. The van der Waals surface area contributed by atoms with Crippen molar-refractivity contribution >= 4 is 11.9 Å². The van der Waals surface area contributed by atoms with E-state index in [9.17, 15) is 14.4 Å². The van der Waals surface area contributed by atoms with Crippen LogP contribution in [0.15, 0.2) is 47.5 Å². The molecule has 0 aromatic heterocycles. The summed E-state index contributed by atoms with van der Waals surface area (Å²) in [6, 6.07) is 14.3. The Morgan fingerprint density at radius 2 is 1.89 bits per heavy atom. The van der Waals surface area contributed by atoms with Gasteiger partial charge in [-0.3, -0.25) is 9.69 Å². The van der Waals surface area contributed by atoms with E-state index >= 15 is 0 Å². The third kappa shape index (κ3) is 2.93. The van der Waals surface area contributed by atoms with E-state index in [0.29, 0.717) is 17.5 Å². The molecule has 0 saturated carbocycles. The van der Waals surface area contributed by atoms with E-state index in [1.54, 1.807) is 46.0 Å². The maximum Gasteiger partial charge on any atom is 0.237 e. The van der Waals surface area contributed by atoms with Crippen molar-refractivity contribution in [2.45, 2.75) is 32.7 Å². The highest BCUT2D eigenvalue weighted by Gasteiger charge is 2.53. The van der Waals surface area contributed by atoms with Crippen LogP contribution in [0.5, 0.6) is 0 Å². The largest absolute Gasteiger partial charge is 0.369 e. The van der Waals surface area contributed by atoms with Crippen molar-refractivity contribution in [3.8, 4) is 6.07 Å².